The molecule has 4 nitrogen and oxygen atoms in total. The van der Waals surface area contributed by atoms with Crippen LogP contribution in [-0.2, 0) is 0 Å². The molecule has 0 aliphatic carbocycles. The number of hydrogen-bond donors (Lipinski definition) is 0. The van der Waals surface area contributed by atoms with Crippen LogP contribution in [0.5, 0.6) is 5.75 Å². The zero-order chi connectivity index (χ0) is 21.6. The Morgan fingerprint density at radius 3 is 1.97 bits per heavy atom. The highest BCUT2D eigenvalue weighted by Gasteiger charge is 2.28. The highest BCUT2D eigenvalue weighted by Crippen LogP contribution is 2.30. The molecule has 4 rings (SSSR count). The summed E-state index contributed by atoms with van der Waals surface area (Å²) in [5.74, 6) is 0.944. The summed E-state index contributed by atoms with van der Waals surface area (Å²) in [6.07, 6.45) is 0. The van der Waals surface area contributed by atoms with Gasteiger partial charge in [0.1, 0.15) is 5.75 Å². The second-order valence-electron chi connectivity index (χ2n) is 7.97. The highest BCUT2D eigenvalue weighted by atomic mass is 16.5. The van der Waals surface area contributed by atoms with Gasteiger partial charge in [0, 0.05) is 31.7 Å². The average Bonchev–Trinajstić information content (AvgIpc) is 2.82. The fourth-order valence-corrected chi connectivity index (χ4v) is 4.35. The normalized spacial score (nSPS) is 14.6. The van der Waals surface area contributed by atoms with Gasteiger partial charge < -0.3 is 9.64 Å². The molecule has 3 aromatic carbocycles. The first-order valence-electron chi connectivity index (χ1n) is 11.0. The molecule has 1 heterocycles. The van der Waals surface area contributed by atoms with Crippen LogP contribution >= 0.6 is 0 Å². The minimum Gasteiger partial charge on any atom is -0.494 e. The largest absolute Gasteiger partial charge is 0.494 e. The molecule has 1 aliphatic heterocycles. The fraction of sp³-hybridized carbons (Fsp3) is 0.296. The molecule has 0 radical (unpaired) electrons. The van der Waals surface area contributed by atoms with Gasteiger partial charge in [0.2, 0.25) is 0 Å². The van der Waals surface area contributed by atoms with Crippen LogP contribution < -0.4 is 4.74 Å². The smallest absolute Gasteiger partial charge is 0.253 e. The van der Waals surface area contributed by atoms with E-state index in [0.29, 0.717) is 6.61 Å². The molecule has 160 valence electrons. The molecular weight excluding hydrogens is 384 g/mol. The molecule has 0 N–H and O–H groups in total. The second-order valence-corrected chi connectivity index (χ2v) is 7.97. The minimum atomic E-state index is 0.0989. The number of carbonyl (C=O) groups is 1. The Balaban J connectivity index is 1.48. The van der Waals surface area contributed by atoms with E-state index in [0.717, 1.165) is 43.1 Å². The summed E-state index contributed by atoms with van der Waals surface area (Å²) in [7, 11) is 0. The molecule has 0 unspecified atom stereocenters. The Morgan fingerprint density at radius 1 is 0.871 bits per heavy atom. The summed E-state index contributed by atoms with van der Waals surface area (Å²) >= 11 is 0. The number of aryl methyl sites for hydroxylation is 1. The van der Waals surface area contributed by atoms with Crippen molar-refractivity contribution >= 4 is 5.91 Å². The molecule has 1 fully saturated rings. The number of piperazine rings is 1. The number of carbonyl (C=O) groups excluding carboxylic acids is 1. The van der Waals surface area contributed by atoms with Crippen LogP contribution in [0.1, 0.15) is 40.0 Å². The Kier molecular flexibility index (Phi) is 6.68. The van der Waals surface area contributed by atoms with E-state index in [9.17, 15) is 4.79 Å². The van der Waals surface area contributed by atoms with Crippen molar-refractivity contribution < 1.29 is 9.53 Å². The van der Waals surface area contributed by atoms with Crippen molar-refractivity contribution in [1.29, 1.82) is 0 Å². The Hall–Kier alpha value is -3.11. The first-order valence-corrected chi connectivity index (χ1v) is 11.0. The maximum atomic E-state index is 13.1. The van der Waals surface area contributed by atoms with E-state index in [-0.39, 0.29) is 11.9 Å². The molecule has 31 heavy (non-hydrogen) atoms. The maximum Gasteiger partial charge on any atom is 0.253 e. The topological polar surface area (TPSA) is 32.8 Å². The van der Waals surface area contributed by atoms with Gasteiger partial charge in [0.05, 0.1) is 12.6 Å². The molecule has 1 aliphatic rings. The fourth-order valence-electron chi connectivity index (χ4n) is 4.35. The number of rotatable bonds is 6. The van der Waals surface area contributed by atoms with Gasteiger partial charge in [0.15, 0.2) is 0 Å². The lowest BCUT2D eigenvalue weighted by Gasteiger charge is -2.39. The van der Waals surface area contributed by atoms with Crippen molar-refractivity contribution in [3.63, 3.8) is 0 Å². The van der Waals surface area contributed by atoms with Gasteiger partial charge in [0.25, 0.3) is 5.91 Å². The van der Waals surface area contributed by atoms with Crippen LogP contribution in [0.4, 0.5) is 0 Å². The molecule has 1 saturated heterocycles. The molecule has 3 aromatic rings. The molecule has 0 spiro atoms. The summed E-state index contributed by atoms with van der Waals surface area (Å²) in [6, 6.07) is 27.2. The van der Waals surface area contributed by atoms with Gasteiger partial charge in [-0.3, -0.25) is 9.69 Å². The van der Waals surface area contributed by atoms with E-state index >= 15 is 0 Å². The van der Waals surface area contributed by atoms with E-state index < -0.39 is 0 Å². The van der Waals surface area contributed by atoms with Crippen molar-refractivity contribution in [2.24, 2.45) is 0 Å². The summed E-state index contributed by atoms with van der Waals surface area (Å²) in [4.78, 5) is 17.6. The van der Waals surface area contributed by atoms with Gasteiger partial charge in [-0.05, 0) is 48.7 Å². The molecular formula is C27H30N2O2. The minimum absolute atomic E-state index is 0.0989. The van der Waals surface area contributed by atoms with Crippen LogP contribution in [0.25, 0.3) is 0 Å². The zero-order valence-corrected chi connectivity index (χ0v) is 18.3. The van der Waals surface area contributed by atoms with Gasteiger partial charge in [-0.25, -0.2) is 0 Å². The molecule has 4 heteroatoms. The molecule has 0 atom stereocenters. The molecule has 0 bridgehead atoms. The van der Waals surface area contributed by atoms with Crippen molar-refractivity contribution in [3.8, 4) is 5.75 Å². The van der Waals surface area contributed by atoms with Crippen LogP contribution in [0, 0.1) is 6.92 Å². The third-order valence-corrected chi connectivity index (χ3v) is 5.92. The lowest BCUT2D eigenvalue weighted by Crippen LogP contribution is -2.49. The highest BCUT2D eigenvalue weighted by molar-refractivity contribution is 5.94. The number of benzene rings is 3. The predicted molar refractivity (Wildman–Crippen MR) is 125 cm³/mol. The number of nitrogens with zero attached hydrogens (tertiary/aromatic N) is 2. The quantitative estimate of drug-likeness (QED) is 0.573. The Labute approximate surface area is 185 Å². The van der Waals surface area contributed by atoms with Gasteiger partial charge in [-0.1, -0.05) is 60.7 Å². The first-order chi connectivity index (χ1) is 15.2. The Bertz CT molecular complexity index is 957. The van der Waals surface area contributed by atoms with E-state index in [2.05, 4.69) is 65.6 Å². The van der Waals surface area contributed by atoms with E-state index in [1.54, 1.807) is 0 Å². The number of amides is 1. The maximum absolute atomic E-state index is 13.1. The third-order valence-electron chi connectivity index (χ3n) is 5.92. The lowest BCUT2D eigenvalue weighted by atomic mass is 9.96. The predicted octanol–water partition coefficient (Wildman–Crippen LogP) is 4.94. The average molecular weight is 415 g/mol. The molecule has 0 aromatic heterocycles. The SMILES string of the molecule is CCOc1ccc(C(=O)N2CCN(C(c3ccccc3)c3ccccc3)CC2)cc1C. The summed E-state index contributed by atoms with van der Waals surface area (Å²) in [5, 5.41) is 0. The second kappa shape index (κ2) is 9.80. The van der Waals surface area contributed by atoms with Crippen LogP contribution in [0.15, 0.2) is 78.9 Å². The number of ether oxygens (including phenoxy) is 1. The zero-order valence-electron chi connectivity index (χ0n) is 18.3. The van der Waals surface area contributed by atoms with Gasteiger partial charge >= 0.3 is 0 Å². The van der Waals surface area contributed by atoms with Crippen molar-refractivity contribution in [2.45, 2.75) is 19.9 Å². The van der Waals surface area contributed by atoms with E-state index in [4.69, 9.17) is 4.74 Å². The molecule has 1 amide bonds. The van der Waals surface area contributed by atoms with Crippen LogP contribution in [-0.4, -0.2) is 48.5 Å². The third kappa shape index (κ3) is 4.80. The van der Waals surface area contributed by atoms with Crippen LogP contribution in [0.2, 0.25) is 0 Å². The van der Waals surface area contributed by atoms with Gasteiger partial charge in [-0.15, -0.1) is 0 Å². The summed E-state index contributed by atoms with van der Waals surface area (Å²) in [5.41, 5.74) is 4.31. The monoisotopic (exact) mass is 414 g/mol. The van der Waals surface area contributed by atoms with Crippen molar-refractivity contribution in [3.05, 3.63) is 101 Å². The standard InChI is InChI=1S/C27H30N2O2/c1-3-31-25-15-14-24(20-21(25)2)27(30)29-18-16-28(17-19-29)26(22-10-6-4-7-11-22)23-12-8-5-9-13-23/h4-15,20,26H,3,16-19H2,1-2H3. The number of hydrogen-bond acceptors (Lipinski definition) is 3. The lowest BCUT2D eigenvalue weighted by molar-refractivity contribution is 0.0597. The van der Waals surface area contributed by atoms with Crippen molar-refractivity contribution in [1.82, 2.24) is 9.80 Å². The first kappa shape index (κ1) is 21.1. The summed E-state index contributed by atoms with van der Waals surface area (Å²) < 4.78 is 5.61. The molecule has 0 saturated carbocycles. The van der Waals surface area contributed by atoms with E-state index in [1.807, 2.05) is 36.9 Å². The van der Waals surface area contributed by atoms with E-state index in [1.165, 1.54) is 11.1 Å². The van der Waals surface area contributed by atoms with Gasteiger partial charge in [-0.2, -0.15) is 0 Å². The van der Waals surface area contributed by atoms with Crippen LogP contribution in [0.3, 0.4) is 0 Å². The summed E-state index contributed by atoms with van der Waals surface area (Å²) in [6.45, 7) is 7.72. The Morgan fingerprint density at radius 2 is 1.45 bits per heavy atom. The van der Waals surface area contributed by atoms with Crippen molar-refractivity contribution in [2.75, 3.05) is 32.8 Å².